The monoisotopic (exact) mass is 251 g/mol. The van der Waals surface area contributed by atoms with Crippen LogP contribution >= 0.6 is 11.6 Å². The molecule has 1 aliphatic heterocycles. The van der Waals surface area contributed by atoms with E-state index < -0.39 is 6.03 Å². The number of nitriles is 1. The standard InChI is InChI=1S/C11H10ClN3O2/c1-17-10-3-2-7(12)4-8(10)9-5-15(6-13)11(16)14-9/h2-4,9H,5H2,1H3,(H,14,16). The Kier molecular flexibility index (Phi) is 3.07. The second-order valence-corrected chi connectivity index (χ2v) is 4.04. The number of carbonyl (C=O) groups is 1. The van der Waals surface area contributed by atoms with Crippen molar-refractivity contribution in [3.63, 3.8) is 0 Å². The van der Waals surface area contributed by atoms with Crippen molar-refractivity contribution in [2.75, 3.05) is 13.7 Å². The molecule has 2 amide bonds. The smallest absolute Gasteiger partial charge is 0.331 e. The summed E-state index contributed by atoms with van der Waals surface area (Å²) in [6.45, 7) is 0.284. The third-order valence-electron chi connectivity index (χ3n) is 2.60. The van der Waals surface area contributed by atoms with Gasteiger partial charge in [0.25, 0.3) is 0 Å². The predicted octanol–water partition coefficient (Wildman–Crippen LogP) is 1.90. The van der Waals surface area contributed by atoms with E-state index in [1.165, 1.54) is 0 Å². The SMILES string of the molecule is COc1ccc(Cl)cc1C1CN(C#N)C(=O)N1. The lowest BCUT2D eigenvalue weighted by Crippen LogP contribution is -2.23. The van der Waals surface area contributed by atoms with Gasteiger partial charge in [0.1, 0.15) is 5.75 Å². The maximum atomic E-state index is 11.4. The molecule has 0 radical (unpaired) electrons. The molecular weight excluding hydrogens is 242 g/mol. The highest BCUT2D eigenvalue weighted by Crippen LogP contribution is 2.30. The molecule has 1 heterocycles. The summed E-state index contributed by atoms with van der Waals surface area (Å²) < 4.78 is 5.21. The highest BCUT2D eigenvalue weighted by atomic mass is 35.5. The minimum atomic E-state index is -0.403. The van der Waals surface area contributed by atoms with E-state index in [1.54, 1.807) is 25.3 Å². The van der Waals surface area contributed by atoms with Crippen LogP contribution in [0.3, 0.4) is 0 Å². The molecule has 0 aliphatic carbocycles. The molecular formula is C11H10ClN3O2. The molecule has 1 N–H and O–H groups in total. The lowest BCUT2D eigenvalue weighted by atomic mass is 10.1. The van der Waals surface area contributed by atoms with Crippen molar-refractivity contribution in [2.45, 2.75) is 6.04 Å². The first-order chi connectivity index (χ1) is 8.15. The van der Waals surface area contributed by atoms with E-state index >= 15 is 0 Å². The lowest BCUT2D eigenvalue weighted by Gasteiger charge is -2.14. The number of urea groups is 1. The van der Waals surface area contributed by atoms with Gasteiger partial charge in [-0.1, -0.05) is 11.6 Å². The third kappa shape index (κ3) is 2.12. The molecule has 1 fully saturated rings. The Balaban J connectivity index is 2.33. The van der Waals surface area contributed by atoms with Crippen molar-refractivity contribution in [1.29, 1.82) is 5.26 Å². The number of nitrogens with one attached hydrogen (secondary N) is 1. The molecule has 1 aromatic carbocycles. The second-order valence-electron chi connectivity index (χ2n) is 3.60. The molecule has 1 aromatic rings. The molecule has 5 nitrogen and oxygen atoms in total. The van der Waals surface area contributed by atoms with Crippen LogP contribution in [0.15, 0.2) is 18.2 Å². The van der Waals surface area contributed by atoms with E-state index in [0.717, 1.165) is 10.5 Å². The number of amides is 2. The third-order valence-corrected chi connectivity index (χ3v) is 2.83. The molecule has 88 valence electrons. The fraction of sp³-hybridized carbons (Fsp3) is 0.273. The van der Waals surface area contributed by atoms with Gasteiger partial charge in [-0.3, -0.25) is 0 Å². The highest BCUT2D eigenvalue weighted by Gasteiger charge is 2.31. The Morgan fingerprint density at radius 2 is 2.41 bits per heavy atom. The van der Waals surface area contributed by atoms with Crippen LogP contribution < -0.4 is 10.1 Å². The summed E-state index contributed by atoms with van der Waals surface area (Å²) in [5.74, 6) is 0.638. The Morgan fingerprint density at radius 3 is 3.00 bits per heavy atom. The van der Waals surface area contributed by atoms with Gasteiger partial charge >= 0.3 is 6.03 Å². The number of halogens is 1. The van der Waals surface area contributed by atoms with Gasteiger partial charge in [0.2, 0.25) is 0 Å². The second kappa shape index (κ2) is 4.52. The molecule has 6 heteroatoms. The minimum absolute atomic E-state index is 0.282. The van der Waals surface area contributed by atoms with Crippen molar-refractivity contribution >= 4 is 17.6 Å². The van der Waals surface area contributed by atoms with Crippen LogP contribution in [0, 0.1) is 11.5 Å². The van der Waals surface area contributed by atoms with E-state index in [-0.39, 0.29) is 12.6 Å². The molecule has 0 aromatic heterocycles. The summed E-state index contributed by atoms with van der Waals surface area (Å²) in [4.78, 5) is 12.5. The summed E-state index contributed by atoms with van der Waals surface area (Å²) in [5.41, 5.74) is 0.770. The van der Waals surface area contributed by atoms with Crippen LogP contribution in [0.1, 0.15) is 11.6 Å². The van der Waals surface area contributed by atoms with Crippen molar-refractivity contribution < 1.29 is 9.53 Å². The maximum Gasteiger partial charge on any atom is 0.331 e. The molecule has 1 unspecified atom stereocenters. The van der Waals surface area contributed by atoms with Gasteiger partial charge in [-0.15, -0.1) is 0 Å². The Labute approximate surface area is 104 Å². The zero-order valence-corrected chi connectivity index (χ0v) is 9.86. The van der Waals surface area contributed by atoms with Crippen LogP contribution in [0.5, 0.6) is 5.75 Å². The van der Waals surface area contributed by atoms with E-state index in [9.17, 15) is 4.79 Å². The summed E-state index contributed by atoms with van der Waals surface area (Å²) in [5, 5.41) is 12.0. The number of methoxy groups -OCH3 is 1. The van der Waals surface area contributed by atoms with Gasteiger partial charge in [0.05, 0.1) is 19.7 Å². The number of hydrogen-bond acceptors (Lipinski definition) is 3. The van der Waals surface area contributed by atoms with Crippen LogP contribution in [0.2, 0.25) is 5.02 Å². The van der Waals surface area contributed by atoms with Gasteiger partial charge in [0.15, 0.2) is 6.19 Å². The Morgan fingerprint density at radius 1 is 1.65 bits per heavy atom. The number of carbonyl (C=O) groups excluding carboxylic acids is 1. The first-order valence-corrected chi connectivity index (χ1v) is 5.34. The molecule has 1 saturated heterocycles. The topological polar surface area (TPSA) is 65.4 Å². The predicted molar refractivity (Wildman–Crippen MR) is 61.6 cm³/mol. The van der Waals surface area contributed by atoms with Crippen molar-refractivity contribution in [1.82, 2.24) is 10.2 Å². The molecule has 0 spiro atoms. The van der Waals surface area contributed by atoms with Gasteiger partial charge < -0.3 is 10.1 Å². The summed E-state index contributed by atoms with van der Waals surface area (Å²) >= 11 is 5.91. The molecule has 1 aliphatic rings. The lowest BCUT2D eigenvalue weighted by molar-refractivity contribution is 0.232. The van der Waals surface area contributed by atoms with Gasteiger partial charge in [0, 0.05) is 10.6 Å². The van der Waals surface area contributed by atoms with Gasteiger partial charge in [-0.05, 0) is 18.2 Å². The minimum Gasteiger partial charge on any atom is -0.496 e. The normalized spacial score (nSPS) is 18.8. The first-order valence-electron chi connectivity index (χ1n) is 4.97. The molecule has 0 saturated carbocycles. The van der Waals surface area contributed by atoms with E-state index in [2.05, 4.69) is 5.32 Å². The molecule has 2 rings (SSSR count). The zero-order valence-electron chi connectivity index (χ0n) is 9.11. The Hall–Kier alpha value is -1.93. The number of benzene rings is 1. The first kappa shape index (κ1) is 11.6. The number of nitrogens with zero attached hydrogens (tertiary/aromatic N) is 2. The van der Waals surface area contributed by atoms with Crippen LogP contribution in [-0.2, 0) is 0 Å². The van der Waals surface area contributed by atoms with Gasteiger partial charge in [-0.25, -0.2) is 9.69 Å². The number of ether oxygens (including phenoxy) is 1. The Bertz CT molecular complexity index is 498. The number of hydrogen-bond donors (Lipinski definition) is 1. The largest absolute Gasteiger partial charge is 0.496 e. The zero-order chi connectivity index (χ0) is 12.4. The number of rotatable bonds is 2. The molecule has 0 bridgehead atoms. The van der Waals surface area contributed by atoms with Gasteiger partial charge in [-0.2, -0.15) is 5.26 Å². The molecule has 1 atom stereocenters. The summed E-state index contributed by atoms with van der Waals surface area (Å²) in [6.07, 6.45) is 1.81. The van der Waals surface area contributed by atoms with E-state index in [0.29, 0.717) is 10.8 Å². The summed E-state index contributed by atoms with van der Waals surface area (Å²) in [6, 6.07) is 4.49. The van der Waals surface area contributed by atoms with E-state index in [4.69, 9.17) is 21.6 Å². The maximum absolute atomic E-state index is 11.4. The fourth-order valence-corrected chi connectivity index (χ4v) is 1.96. The molecule has 17 heavy (non-hydrogen) atoms. The van der Waals surface area contributed by atoms with Crippen LogP contribution in [0.4, 0.5) is 4.79 Å². The average Bonchev–Trinajstić information content (AvgIpc) is 2.70. The van der Waals surface area contributed by atoms with Crippen LogP contribution in [0.25, 0.3) is 0 Å². The highest BCUT2D eigenvalue weighted by molar-refractivity contribution is 6.30. The van der Waals surface area contributed by atoms with Crippen molar-refractivity contribution in [3.8, 4) is 11.9 Å². The van der Waals surface area contributed by atoms with Crippen molar-refractivity contribution in [3.05, 3.63) is 28.8 Å². The van der Waals surface area contributed by atoms with Crippen molar-refractivity contribution in [2.24, 2.45) is 0 Å². The van der Waals surface area contributed by atoms with Crippen LogP contribution in [-0.4, -0.2) is 24.6 Å². The fourth-order valence-electron chi connectivity index (χ4n) is 1.78. The quantitative estimate of drug-likeness (QED) is 0.817. The van der Waals surface area contributed by atoms with E-state index in [1.807, 2.05) is 6.19 Å². The summed E-state index contributed by atoms with van der Waals surface area (Å²) in [7, 11) is 1.55. The average molecular weight is 252 g/mol.